The number of hydrogen-bond acceptors (Lipinski definition) is 5. The second-order valence-corrected chi connectivity index (χ2v) is 4.67. The van der Waals surface area contributed by atoms with Crippen LogP contribution in [0.25, 0.3) is 0 Å². The lowest BCUT2D eigenvalue weighted by Crippen LogP contribution is -2.08. The van der Waals surface area contributed by atoms with Crippen LogP contribution in [-0.4, -0.2) is 4.98 Å². The van der Waals surface area contributed by atoms with Crippen LogP contribution < -0.4 is 16.0 Å². The molecule has 19 heavy (non-hydrogen) atoms. The highest BCUT2D eigenvalue weighted by molar-refractivity contribution is 7.15. The number of para-hydroxylation sites is 1. The summed E-state index contributed by atoms with van der Waals surface area (Å²) in [6, 6.07) is 5.07. The highest BCUT2D eigenvalue weighted by Crippen LogP contribution is 2.36. The molecule has 1 aromatic heterocycles. The van der Waals surface area contributed by atoms with Crippen LogP contribution in [0.2, 0.25) is 0 Å². The van der Waals surface area contributed by atoms with Crippen LogP contribution in [0.3, 0.4) is 0 Å². The minimum Gasteiger partial charge on any atom is -0.487 e. The molecule has 102 valence electrons. The maximum atomic E-state index is 12.7. The van der Waals surface area contributed by atoms with Crippen molar-refractivity contribution in [3.63, 3.8) is 0 Å². The van der Waals surface area contributed by atoms with E-state index < -0.39 is 11.7 Å². The molecule has 0 radical (unpaired) electrons. The molecule has 0 bridgehead atoms. The lowest BCUT2D eigenvalue weighted by Gasteiger charge is -2.12. The molecule has 0 amide bonds. The average molecular weight is 289 g/mol. The van der Waals surface area contributed by atoms with Crippen molar-refractivity contribution in [1.29, 1.82) is 0 Å². The van der Waals surface area contributed by atoms with Crippen molar-refractivity contribution in [1.82, 2.24) is 4.98 Å². The first-order chi connectivity index (χ1) is 9.00. The summed E-state index contributed by atoms with van der Waals surface area (Å²) in [4.78, 5) is 4.57. The van der Waals surface area contributed by atoms with E-state index in [1.165, 1.54) is 35.7 Å². The van der Waals surface area contributed by atoms with E-state index in [2.05, 4.69) is 10.4 Å². The second kappa shape index (κ2) is 5.45. The van der Waals surface area contributed by atoms with Gasteiger partial charge in [-0.1, -0.05) is 23.5 Å². The maximum Gasteiger partial charge on any atom is 0.419 e. The Kier molecular flexibility index (Phi) is 3.91. The predicted molar refractivity (Wildman–Crippen MR) is 65.7 cm³/mol. The predicted octanol–water partition coefficient (Wildman–Crippen LogP) is 3.03. The molecule has 0 unspecified atom stereocenters. The van der Waals surface area contributed by atoms with Gasteiger partial charge in [0.15, 0.2) is 5.13 Å². The lowest BCUT2D eigenvalue weighted by atomic mass is 10.2. The van der Waals surface area contributed by atoms with Gasteiger partial charge in [0, 0.05) is 6.20 Å². The molecule has 3 N–H and O–H groups in total. The van der Waals surface area contributed by atoms with Gasteiger partial charge in [-0.15, -0.1) is 0 Å². The summed E-state index contributed by atoms with van der Waals surface area (Å²) in [6.45, 7) is 0.00639. The fraction of sp³-hybridized carbons (Fsp3) is 0.182. The first-order valence-corrected chi connectivity index (χ1v) is 6.02. The zero-order chi connectivity index (χ0) is 13.9. The molecular weight excluding hydrogens is 279 g/mol. The van der Waals surface area contributed by atoms with Crippen LogP contribution in [-0.2, 0) is 12.8 Å². The van der Waals surface area contributed by atoms with Gasteiger partial charge in [0.25, 0.3) is 0 Å². The number of ether oxygens (including phenoxy) is 1. The van der Waals surface area contributed by atoms with E-state index >= 15 is 0 Å². The minimum atomic E-state index is -4.44. The lowest BCUT2D eigenvalue weighted by molar-refractivity contribution is -0.139. The number of nitrogens with two attached hydrogens (primary N) is 1. The number of hydrazine groups is 1. The Labute approximate surface area is 111 Å². The number of rotatable bonds is 4. The number of halogens is 3. The third-order valence-electron chi connectivity index (χ3n) is 2.24. The number of alkyl halides is 3. The largest absolute Gasteiger partial charge is 0.487 e. The van der Waals surface area contributed by atoms with Crippen molar-refractivity contribution in [2.45, 2.75) is 12.8 Å². The summed E-state index contributed by atoms with van der Waals surface area (Å²) in [7, 11) is 0. The summed E-state index contributed by atoms with van der Waals surface area (Å²) >= 11 is 1.21. The Balaban J connectivity index is 2.11. The number of nitrogens with zero attached hydrogens (tertiary/aromatic N) is 1. The normalized spacial score (nSPS) is 11.4. The van der Waals surface area contributed by atoms with E-state index in [9.17, 15) is 13.2 Å². The molecule has 2 rings (SSSR count). The van der Waals surface area contributed by atoms with E-state index in [4.69, 9.17) is 10.6 Å². The van der Waals surface area contributed by atoms with Gasteiger partial charge in [-0.25, -0.2) is 10.8 Å². The summed E-state index contributed by atoms with van der Waals surface area (Å²) in [5, 5.41) is 0.475. The van der Waals surface area contributed by atoms with E-state index in [1.807, 2.05) is 0 Å². The number of thiazole rings is 1. The van der Waals surface area contributed by atoms with E-state index in [1.54, 1.807) is 0 Å². The Morgan fingerprint density at radius 1 is 1.32 bits per heavy atom. The molecule has 8 heteroatoms. The topological polar surface area (TPSA) is 60.2 Å². The Bertz CT molecular complexity index is 556. The first-order valence-electron chi connectivity index (χ1n) is 5.21. The highest BCUT2D eigenvalue weighted by atomic mass is 32.1. The number of nitrogens with one attached hydrogen (secondary N) is 1. The number of anilines is 1. The van der Waals surface area contributed by atoms with Crippen LogP contribution >= 0.6 is 11.3 Å². The molecular formula is C11H10F3N3OS. The molecule has 0 aliphatic carbocycles. The van der Waals surface area contributed by atoms with Crippen LogP contribution in [0.1, 0.15) is 10.4 Å². The van der Waals surface area contributed by atoms with E-state index in [0.29, 0.717) is 10.0 Å². The monoisotopic (exact) mass is 289 g/mol. The van der Waals surface area contributed by atoms with Gasteiger partial charge in [-0.3, -0.25) is 5.43 Å². The third-order valence-corrected chi connectivity index (χ3v) is 3.14. The first kappa shape index (κ1) is 13.6. The highest BCUT2D eigenvalue weighted by Gasteiger charge is 2.33. The molecule has 0 aliphatic rings. The van der Waals surface area contributed by atoms with Gasteiger partial charge in [-0.05, 0) is 12.1 Å². The van der Waals surface area contributed by atoms with Crippen molar-refractivity contribution in [3.8, 4) is 5.75 Å². The fourth-order valence-electron chi connectivity index (χ4n) is 1.42. The van der Waals surface area contributed by atoms with Crippen molar-refractivity contribution < 1.29 is 17.9 Å². The third kappa shape index (κ3) is 3.36. The van der Waals surface area contributed by atoms with Gasteiger partial charge in [0.05, 0.1) is 10.4 Å². The fourth-order valence-corrected chi connectivity index (χ4v) is 2.05. The van der Waals surface area contributed by atoms with Crippen LogP contribution in [0.4, 0.5) is 18.3 Å². The Hall–Kier alpha value is -1.80. The summed E-state index contributed by atoms with van der Waals surface area (Å²) in [5.41, 5.74) is 1.56. The molecule has 2 aromatic rings. The molecule has 1 heterocycles. The van der Waals surface area contributed by atoms with Crippen molar-refractivity contribution in [2.24, 2.45) is 5.84 Å². The molecule has 0 saturated heterocycles. The summed E-state index contributed by atoms with van der Waals surface area (Å²) in [5.74, 6) is 4.96. The van der Waals surface area contributed by atoms with E-state index in [0.717, 1.165) is 6.07 Å². The van der Waals surface area contributed by atoms with Crippen LogP contribution in [0.5, 0.6) is 5.75 Å². The molecule has 0 spiro atoms. The average Bonchev–Trinajstić information content (AvgIpc) is 2.83. The number of benzene rings is 1. The van der Waals surface area contributed by atoms with Crippen LogP contribution in [0, 0.1) is 0 Å². The van der Waals surface area contributed by atoms with Gasteiger partial charge >= 0.3 is 6.18 Å². The zero-order valence-electron chi connectivity index (χ0n) is 9.57. The second-order valence-electron chi connectivity index (χ2n) is 3.56. The van der Waals surface area contributed by atoms with Gasteiger partial charge in [-0.2, -0.15) is 13.2 Å². The quantitative estimate of drug-likeness (QED) is 0.671. The molecule has 4 nitrogen and oxygen atoms in total. The smallest absolute Gasteiger partial charge is 0.419 e. The van der Waals surface area contributed by atoms with Crippen molar-refractivity contribution >= 4 is 16.5 Å². The zero-order valence-corrected chi connectivity index (χ0v) is 10.4. The number of nitrogen functional groups attached to an aromatic ring is 1. The molecule has 0 atom stereocenters. The minimum absolute atomic E-state index is 0.00639. The SMILES string of the molecule is NNc1ncc(COc2ccccc2C(F)(F)F)s1. The summed E-state index contributed by atoms with van der Waals surface area (Å²) < 4.78 is 43.3. The number of aromatic nitrogens is 1. The molecule has 0 saturated carbocycles. The van der Waals surface area contributed by atoms with Gasteiger partial charge < -0.3 is 4.74 Å². The van der Waals surface area contributed by atoms with Gasteiger partial charge in [0.2, 0.25) is 0 Å². The standard InChI is InChI=1S/C11H10F3N3OS/c12-11(13,14)8-3-1-2-4-9(8)18-6-7-5-16-10(17-15)19-7/h1-5H,6,15H2,(H,16,17). The Morgan fingerprint density at radius 2 is 2.05 bits per heavy atom. The van der Waals surface area contributed by atoms with Gasteiger partial charge in [0.1, 0.15) is 12.4 Å². The molecule has 1 aromatic carbocycles. The van der Waals surface area contributed by atoms with Crippen molar-refractivity contribution in [2.75, 3.05) is 5.43 Å². The van der Waals surface area contributed by atoms with Crippen LogP contribution in [0.15, 0.2) is 30.5 Å². The maximum absolute atomic E-state index is 12.7. The molecule has 0 fully saturated rings. The molecule has 0 aliphatic heterocycles. The Morgan fingerprint density at radius 3 is 2.68 bits per heavy atom. The summed E-state index contributed by atoms with van der Waals surface area (Å²) in [6.07, 6.45) is -2.94. The number of hydrogen-bond donors (Lipinski definition) is 2. The van der Waals surface area contributed by atoms with Crippen molar-refractivity contribution in [3.05, 3.63) is 40.9 Å². The van der Waals surface area contributed by atoms with E-state index in [-0.39, 0.29) is 12.4 Å².